The first kappa shape index (κ1) is 16.9. The average molecular weight is 256 g/mol. The molecule has 0 spiro atoms. The van der Waals surface area contributed by atoms with Crippen LogP contribution in [0.3, 0.4) is 0 Å². The number of nitrogens with one attached hydrogen (secondary N) is 1. The number of primary amides is 1. The Morgan fingerprint density at radius 3 is 2.39 bits per heavy atom. The van der Waals surface area contributed by atoms with E-state index in [0.29, 0.717) is 18.9 Å². The molecule has 0 aromatic rings. The third-order valence-electron chi connectivity index (χ3n) is 3.16. The molecule has 2 unspecified atom stereocenters. The fourth-order valence-corrected chi connectivity index (χ4v) is 1.92. The van der Waals surface area contributed by atoms with E-state index in [9.17, 15) is 9.59 Å². The van der Waals surface area contributed by atoms with Gasteiger partial charge in [-0.05, 0) is 25.2 Å². The minimum atomic E-state index is -0.250. The highest BCUT2D eigenvalue weighted by molar-refractivity contribution is 5.78. The van der Waals surface area contributed by atoms with Crippen LogP contribution in [-0.2, 0) is 9.59 Å². The van der Waals surface area contributed by atoms with E-state index >= 15 is 0 Å². The zero-order chi connectivity index (χ0) is 14.0. The molecule has 0 aromatic heterocycles. The molecule has 4 heteroatoms. The van der Waals surface area contributed by atoms with Gasteiger partial charge in [0, 0.05) is 18.9 Å². The summed E-state index contributed by atoms with van der Waals surface area (Å²) in [7, 11) is 0. The lowest BCUT2D eigenvalue weighted by Gasteiger charge is -2.13. The largest absolute Gasteiger partial charge is 0.370 e. The summed E-state index contributed by atoms with van der Waals surface area (Å²) < 4.78 is 0. The Hall–Kier alpha value is -1.06. The highest BCUT2D eigenvalue weighted by Crippen LogP contribution is 2.10. The summed E-state index contributed by atoms with van der Waals surface area (Å²) in [6, 6.07) is 0. The fraction of sp³-hybridized carbons (Fsp3) is 0.857. The zero-order valence-electron chi connectivity index (χ0n) is 12.0. The molecule has 0 bridgehead atoms. The highest BCUT2D eigenvalue weighted by Gasteiger charge is 2.11. The van der Waals surface area contributed by atoms with Crippen LogP contribution in [0, 0.1) is 11.8 Å². The van der Waals surface area contributed by atoms with Gasteiger partial charge in [0.15, 0.2) is 0 Å². The lowest BCUT2D eigenvalue weighted by Crippen LogP contribution is -2.30. The highest BCUT2D eigenvalue weighted by atomic mass is 16.2. The fourth-order valence-electron chi connectivity index (χ4n) is 1.92. The lowest BCUT2D eigenvalue weighted by atomic mass is 10.0. The van der Waals surface area contributed by atoms with Crippen LogP contribution in [0.2, 0.25) is 0 Å². The van der Waals surface area contributed by atoms with Crippen LogP contribution in [0.5, 0.6) is 0 Å². The van der Waals surface area contributed by atoms with Gasteiger partial charge in [0.2, 0.25) is 11.8 Å². The van der Waals surface area contributed by atoms with Crippen LogP contribution < -0.4 is 11.1 Å². The Morgan fingerprint density at radius 1 is 1.17 bits per heavy atom. The number of hydrogen-bond acceptors (Lipinski definition) is 2. The maximum absolute atomic E-state index is 11.7. The monoisotopic (exact) mass is 256 g/mol. The number of rotatable bonds is 10. The Labute approximate surface area is 111 Å². The normalized spacial score (nSPS) is 13.9. The van der Waals surface area contributed by atoms with Crippen molar-refractivity contribution in [2.45, 2.75) is 59.3 Å². The molecule has 0 fully saturated rings. The minimum absolute atomic E-state index is 0.105. The molecule has 0 aromatic carbocycles. The maximum Gasteiger partial charge on any atom is 0.222 e. The van der Waals surface area contributed by atoms with Gasteiger partial charge in [0.05, 0.1) is 0 Å². The van der Waals surface area contributed by atoms with Crippen LogP contribution >= 0.6 is 0 Å². The number of nitrogens with two attached hydrogens (primary N) is 1. The van der Waals surface area contributed by atoms with Gasteiger partial charge in [0.1, 0.15) is 0 Å². The van der Waals surface area contributed by atoms with Crippen LogP contribution in [-0.4, -0.2) is 18.4 Å². The predicted molar refractivity (Wildman–Crippen MR) is 73.9 cm³/mol. The number of unbranched alkanes of at least 4 members (excludes halogenated alkanes) is 1. The Bertz CT molecular complexity index is 254. The second kappa shape index (κ2) is 9.92. The average Bonchev–Trinajstić information content (AvgIpc) is 2.30. The van der Waals surface area contributed by atoms with Gasteiger partial charge >= 0.3 is 0 Å². The molecular weight excluding hydrogens is 228 g/mol. The summed E-state index contributed by atoms with van der Waals surface area (Å²) in [6.45, 7) is 6.81. The molecule has 0 aliphatic heterocycles. The first-order valence-electron chi connectivity index (χ1n) is 7.03. The lowest BCUT2D eigenvalue weighted by molar-refractivity contribution is -0.124. The van der Waals surface area contributed by atoms with Gasteiger partial charge in [0.25, 0.3) is 0 Å². The molecule has 3 N–H and O–H groups in total. The first-order valence-corrected chi connectivity index (χ1v) is 7.03. The van der Waals surface area contributed by atoms with Crippen molar-refractivity contribution >= 4 is 11.8 Å². The van der Waals surface area contributed by atoms with Crippen molar-refractivity contribution in [3.05, 3.63) is 0 Å². The summed E-state index contributed by atoms with van der Waals surface area (Å²) >= 11 is 0. The van der Waals surface area contributed by atoms with E-state index in [4.69, 9.17) is 5.73 Å². The van der Waals surface area contributed by atoms with Crippen molar-refractivity contribution in [2.75, 3.05) is 6.54 Å². The smallest absolute Gasteiger partial charge is 0.222 e. The molecule has 0 heterocycles. The summed E-state index contributed by atoms with van der Waals surface area (Å²) in [5, 5.41) is 2.94. The molecule has 18 heavy (non-hydrogen) atoms. The molecular formula is C14H28N2O2. The topological polar surface area (TPSA) is 72.2 Å². The van der Waals surface area contributed by atoms with Crippen molar-refractivity contribution in [3.63, 3.8) is 0 Å². The van der Waals surface area contributed by atoms with Gasteiger partial charge in [-0.1, -0.05) is 33.6 Å². The second-order valence-electron chi connectivity index (χ2n) is 5.25. The number of carbonyl (C=O) groups is 2. The van der Waals surface area contributed by atoms with Crippen molar-refractivity contribution in [1.82, 2.24) is 5.32 Å². The quantitative estimate of drug-likeness (QED) is 0.588. The van der Waals surface area contributed by atoms with E-state index < -0.39 is 0 Å². The molecule has 4 nitrogen and oxygen atoms in total. The number of carbonyl (C=O) groups excluding carboxylic acids is 2. The van der Waals surface area contributed by atoms with Crippen LogP contribution in [0.1, 0.15) is 59.3 Å². The Kier molecular flexibility index (Phi) is 9.33. The summed E-state index contributed by atoms with van der Waals surface area (Å²) in [5.41, 5.74) is 5.12. The molecule has 0 saturated carbocycles. The zero-order valence-corrected chi connectivity index (χ0v) is 12.0. The first-order chi connectivity index (χ1) is 8.47. The summed E-state index contributed by atoms with van der Waals surface area (Å²) in [6.07, 6.45) is 5.45. The van der Waals surface area contributed by atoms with Crippen LogP contribution in [0.4, 0.5) is 0 Å². The van der Waals surface area contributed by atoms with E-state index in [1.54, 1.807) is 0 Å². The molecule has 0 aliphatic carbocycles. The molecule has 0 aliphatic rings. The van der Waals surface area contributed by atoms with Crippen LogP contribution in [0.15, 0.2) is 0 Å². The van der Waals surface area contributed by atoms with Gasteiger partial charge < -0.3 is 11.1 Å². The van der Waals surface area contributed by atoms with E-state index in [2.05, 4.69) is 12.2 Å². The van der Waals surface area contributed by atoms with Gasteiger partial charge in [-0.25, -0.2) is 0 Å². The number of amides is 2. The third-order valence-corrected chi connectivity index (χ3v) is 3.16. The van der Waals surface area contributed by atoms with Gasteiger partial charge in [-0.2, -0.15) is 0 Å². The van der Waals surface area contributed by atoms with Crippen molar-refractivity contribution in [1.29, 1.82) is 0 Å². The molecule has 0 rings (SSSR count). The van der Waals surface area contributed by atoms with Crippen molar-refractivity contribution in [2.24, 2.45) is 17.6 Å². The van der Waals surface area contributed by atoms with Gasteiger partial charge in [-0.3, -0.25) is 9.59 Å². The van der Waals surface area contributed by atoms with Crippen molar-refractivity contribution in [3.8, 4) is 0 Å². The standard InChI is InChI=1S/C14H28N2O2/c1-4-5-8-12(3)14(18)16-9-6-7-11(2)10-13(15)17/h11-12H,4-10H2,1-3H3,(H2,15,17)(H,16,18). The van der Waals surface area contributed by atoms with E-state index in [-0.39, 0.29) is 17.7 Å². The number of hydrogen-bond donors (Lipinski definition) is 2. The van der Waals surface area contributed by atoms with Gasteiger partial charge in [-0.15, -0.1) is 0 Å². The second-order valence-corrected chi connectivity index (χ2v) is 5.25. The summed E-state index contributed by atoms with van der Waals surface area (Å²) in [5.74, 6) is 0.302. The SMILES string of the molecule is CCCCC(C)C(=O)NCCCC(C)CC(N)=O. The maximum atomic E-state index is 11.7. The Balaban J connectivity index is 3.59. The Morgan fingerprint density at radius 2 is 1.83 bits per heavy atom. The third kappa shape index (κ3) is 9.02. The molecule has 0 saturated heterocycles. The van der Waals surface area contributed by atoms with Crippen molar-refractivity contribution < 1.29 is 9.59 Å². The van der Waals surface area contributed by atoms with E-state index in [1.807, 2.05) is 13.8 Å². The van der Waals surface area contributed by atoms with Crippen LogP contribution in [0.25, 0.3) is 0 Å². The van der Waals surface area contributed by atoms with E-state index in [1.165, 1.54) is 0 Å². The molecule has 106 valence electrons. The summed E-state index contributed by atoms with van der Waals surface area (Å²) in [4.78, 5) is 22.4. The van der Waals surface area contributed by atoms with E-state index in [0.717, 1.165) is 32.1 Å². The molecule has 2 atom stereocenters. The molecule has 0 radical (unpaired) electrons. The predicted octanol–water partition coefficient (Wildman–Crippen LogP) is 2.22. The molecule has 2 amide bonds. The minimum Gasteiger partial charge on any atom is -0.370 e.